The number of hydrogen-bond donors (Lipinski definition) is 2. The molecule has 2 atom stereocenters. The Kier molecular flexibility index (Phi) is 7.47. The van der Waals surface area contributed by atoms with E-state index < -0.39 is 32.4 Å². The SMILES string of the molecule is N=C=Cc1ccc(S(=O)(=O)OC2CCc3ccccc3C2OS(=O)(=O)c2ccc(C=C=N)cc2)cc1. The maximum absolute atomic E-state index is 13.1. The maximum Gasteiger partial charge on any atom is 0.297 e. The van der Waals surface area contributed by atoms with Gasteiger partial charge in [0.05, 0.1) is 9.79 Å². The van der Waals surface area contributed by atoms with Crippen molar-refractivity contribution in [3.63, 3.8) is 0 Å². The van der Waals surface area contributed by atoms with Crippen LogP contribution in [0.1, 0.15) is 34.8 Å². The lowest BCUT2D eigenvalue weighted by Crippen LogP contribution is -2.33. The van der Waals surface area contributed by atoms with Crippen LogP contribution >= 0.6 is 0 Å². The molecule has 3 aromatic carbocycles. The molecule has 4 rings (SSSR count). The minimum atomic E-state index is -4.28. The van der Waals surface area contributed by atoms with E-state index in [4.69, 9.17) is 19.2 Å². The van der Waals surface area contributed by atoms with Crippen molar-refractivity contribution < 1.29 is 25.2 Å². The van der Waals surface area contributed by atoms with Crippen molar-refractivity contribution in [2.24, 2.45) is 0 Å². The molecule has 0 fully saturated rings. The first-order chi connectivity index (χ1) is 17.2. The summed E-state index contributed by atoms with van der Waals surface area (Å²) in [6.45, 7) is 0. The van der Waals surface area contributed by atoms with Crippen molar-refractivity contribution in [2.45, 2.75) is 34.8 Å². The number of hydrogen-bond acceptors (Lipinski definition) is 8. The smallest absolute Gasteiger partial charge is 0.260 e. The molecule has 0 bridgehead atoms. The molecular weight excluding hydrogens is 500 g/mol. The van der Waals surface area contributed by atoms with Crippen molar-refractivity contribution in [2.75, 3.05) is 0 Å². The minimum absolute atomic E-state index is 0.0973. The number of benzene rings is 3. The summed E-state index contributed by atoms with van der Waals surface area (Å²) >= 11 is 0. The number of nitrogens with one attached hydrogen (secondary N) is 2. The van der Waals surface area contributed by atoms with Gasteiger partial charge in [0.15, 0.2) is 0 Å². The molecule has 2 N–H and O–H groups in total. The number of fused-ring (bicyclic) bond motifs is 1. The second-order valence-electron chi connectivity index (χ2n) is 8.01. The van der Waals surface area contributed by atoms with Crippen molar-refractivity contribution >= 4 is 44.1 Å². The van der Waals surface area contributed by atoms with Crippen LogP contribution < -0.4 is 0 Å². The molecule has 10 heteroatoms. The van der Waals surface area contributed by atoms with Gasteiger partial charge in [-0.2, -0.15) is 16.8 Å². The maximum atomic E-state index is 13.1. The van der Waals surface area contributed by atoms with Gasteiger partial charge in [-0.05, 0) is 71.1 Å². The first-order valence-corrected chi connectivity index (χ1v) is 13.7. The Balaban J connectivity index is 1.66. The Labute approximate surface area is 209 Å². The molecule has 1 aliphatic rings. The summed E-state index contributed by atoms with van der Waals surface area (Å²) in [7, 11) is -8.53. The second-order valence-corrected chi connectivity index (χ2v) is 11.2. The second kappa shape index (κ2) is 10.6. The van der Waals surface area contributed by atoms with Crippen LogP contribution in [0.3, 0.4) is 0 Å². The Bertz CT molecular complexity index is 1570. The zero-order chi connectivity index (χ0) is 25.8. The highest BCUT2D eigenvalue weighted by Crippen LogP contribution is 2.38. The van der Waals surface area contributed by atoms with E-state index in [-0.39, 0.29) is 16.2 Å². The van der Waals surface area contributed by atoms with Gasteiger partial charge in [0.2, 0.25) is 0 Å². The topological polar surface area (TPSA) is 134 Å². The Morgan fingerprint density at radius 2 is 1.22 bits per heavy atom. The summed E-state index contributed by atoms with van der Waals surface area (Å²) < 4.78 is 63.6. The van der Waals surface area contributed by atoms with Gasteiger partial charge < -0.3 is 0 Å². The molecule has 0 saturated heterocycles. The molecular formula is C26H22N2O6S2. The van der Waals surface area contributed by atoms with Crippen LogP contribution in [0.5, 0.6) is 0 Å². The highest BCUT2D eigenvalue weighted by atomic mass is 32.2. The van der Waals surface area contributed by atoms with E-state index in [1.807, 2.05) is 12.1 Å². The molecule has 184 valence electrons. The molecule has 0 aromatic heterocycles. The van der Waals surface area contributed by atoms with Crippen molar-refractivity contribution in [1.82, 2.24) is 0 Å². The summed E-state index contributed by atoms with van der Waals surface area (Å²) in [4.78, 5) is -0.205. The van der Waals surface area contributed by atoms with Gasteiger partial charge in [-0.15, -0.1) is 0 Å². The van der Waals surface area contributed by atoms with Crippen LogP contribution in [0.15, 0.2) is 82.6 Å². The lowest BCUT2D eigenvalue weighted by molar-refractivity contribution is 0.0488. The third-order valence-corrected chi connectivity index (χ3v) is 8.35. The standard InChI is InChI=1S/C26H22N2O6S2/c27-17-15-19-5-10-22(11-6-19)35(29,30)33-25-14-9-21-3-1-2-4-24(21)26(25)34-36(31,32)23-12-7-20(8-13-23)16-18-28/h1-8,10-13,15-16,25-28H,9,14H2. The van der Waals surface area contributed by atoms with E-state index in [1.165, 1.54) is 60.7 Å². The largest absolute Gasteiger partial charge is 0.297 e. The van der Waals surface area contributed by atoms with Crippen LogP contribution in [0.25, 0.3) is 12.2 Å². The van der Waals surface area contributed by atoms with E-state index in [2.05, 4.69) is 11.7 Å². The van der Waals surface area contributed by atoms with E-state index in [9.17, 15) is 16.8 Å². The third kappa shape index (κ3) is 5.61. The summed E-state index contributed by atoms with van der Waals surface area (Å²) in [5.74, 6) is 4.25. The molecule has 2 unspecified atom stereocenters. The van der Waals surface area contributed by atoms with Crippen LogP contribution in [0.2, 0.25) is 0 Å². The predicted molar refractivity (Wildman–Crippen MR) is 135 cm³/mol. The quantitative estimate of drug-likeness (QED) is 0.333. The summed E-state index contributed by atoms with van der Waals surface area (Å²) in [5.41, 5.74) is 2.60. The zero-order valence-corrected chi connectivity index (χ0v) is 20.6. The molecule has 1 aliphatic carbocycles. The van der Waals surface area contributed by atoms with E-state index in [1.54, 1.807) is 12.1 Å². The zero-order valence-electron chi connectivity index (χ0n) is 18.9. The summed E-state index contributed by atoms with van der Waals surface area (Å²) in [6.07, 6.45) is 1.23. The van der Waals surface area contributed by atoms with E-state index in [0.717, 1.165) is 5.56 Å². The van der Waals surface area contributed by atoms with Gasteiger partial charge in [-0.1, -0.05) is 48.5 Å². The van der Waals surface area contributed by atoms with Gasteiger partial charge >= 0.3 is 0 Å². The summed E-state index contributed by atoms with van der Waals surface area (Å²) in [6, 6.07) is 18.6. The lowest BCUT2D eigenvalue weighted by Gasteiger charge is -2.32. The van der Waals surface area contributed by atoms with Gasteiger partial charge in [-0.3, -0.25) is 19.2 Å². The normalized spacial score (nSPS) is 17.3. The number of rotatable bonds is 8. The fraction of sp³-hybridized carbons (Fsp3) is 0.154. The van der Waals surface area contributed by atoms with Crippen LogP contribution in [-0.2, 0) is 35.0 Å². The lowest BCUT2D eigenvalue weighted by atomic mass is 9.88. The molecule has 0 radical (unpaired) electrons. The highest BCUT2D eigenvalue weighted by molar-refractivity contribution is 7.87. The van der Waals surface area contributed by atoms with Crippen molar-refractivity contribution in [1.29, 1.82) is 10.8 Å². The fourth-order valence-corrected chi connectivity index (χ4v) is 6.12. The van der Waals surface area contributed by atoms with Crippen LogP contribution in [0, 0.1) is 10.8 Å². The molecule has 0 amide bonds. The van der Waals surface area contributed by atoms with E-state index in [0.29, 0.717) is 23.1 Å². The monoisotopic (exact) mass is 522 g/mol. The Morgan fingerprint density at radius 3 is 1.75 bits per heavy atom. The highest BCUT2D eigenvalue weighted by Gasteiger charge is 2.38. The van der Waals surface area contributed by atoms with Gasteiger partial charge in [0.25, 0.3) is 20.2 Å². The van der Waals surface area contributed by atoms with Gasteiger partial charge in [-0.25, -0.2) is 0 Å². The van der Waals surface area contributed by atoms with Crippen molar-refractivity contribution in [3.05, 3.63) is 95.1 Å². The molecule has 0 aliphatic heterocycles. The molecule has 0 saturated carbocycles. The first-order valence-electron chi connectivity index (χ1n) is 10.9. The summed E-state index contributed by atoms with van der Waals surface area (Å²) in [5, 5.41) is 14.0. The van der Waals surface area contributed by atoms with Gasteiger partial charge in [0.1, 0.15) is 12.2 Å². The average molecular weight is 523 g/mol. The van der Waals surface area contributed by atoms with Crippen LogP contribution in [0.4, 0.5) is 0 Å². The fourth-order valence-electron chi connectivity index (χ4n) is 3.94. The molecule has 0 spiro atoms. The molecule has 3 aromatic rings. The van der Waals surface area contributed by atoms with Crippen molar-refractivity contribution in [3.8, 4) is 0 Å². The number of aryl methyl sites for hydroxylation is 1. The molecule has 8 nitrogen and oxygen atoms in total. The van der Waals surface area contributed by atoms with Crippen LogP contribution in [-0.4, -0.2) is 34.7 Å². The van der Waals surface area contributed by atoms with Gasteiger partial charge in [0, 0.05) is 12.2 Å². The molecule has 0 heterocycles. The first kappa shape index (κ1) is 25.5. The molecule has 36 heavy (non-hydrogen) atoms. The predicted octanol–water partition coefficient (Wildman–Crippen LogP) is 4.38. The third-order valence-electron chi connectivity index (χ3n) is 5.69. The average Bonchev–Trinajstić information content (AvgIpc) is 2.86. The Morgan fingerprint density at radius 1 is 0.722 bits per heavy atom. The van der Waals surface area contributed by atoms with E-state index >= 15 is 0 Å². The minimum Gasteiger partial charge on any atom is -0.260 e. The Hall–Kier alpha value is -3.62.